The summed E-state index contributed by atoms with van der Waals surface area (Å²) in [7, 11) is -3.13. The molecule has 0 heterocycles. The minimum atomic E-state index is -4.35. The van der Waals surface area contributed by atoms with Crippen molar-refractivity contribution in [3.63, 3.8) is 0 Å². The molecule has 0 aliphatic heterocycles. The molecule has 0 spiro atoms. The molecule has 0 aliphatic carbocycles. The van der Waals surface area contributed by atoms with Gasteiger partial charge in [0, 0.05) is 0 Å². The van der Waals surface area contributed by atoms with Gasteiger partial charge in [-0.15, -0.1) is 0 Å². The number of methoxy groups -OCH3 is 1. The van der Waals surface area contributed by atoms with E-state index in [1.165, 1.54) is 19.2 Å². The van der Waals surface area contributed by atoms with Gasteiger partial charge in [0.2, 0.25) is 0 Å². The number of hydrogen-bond acceptors (Lipinski definition) is 4. The summed E-state index contributed by atoms with van der Waals surface area (Å²) in [6, 6.07) is 4.32. The Kier molecular flexibility index (Phi) is 3.51. The second-order valence-electron chi connectivity index (χ2n) is 3.10. The molecule has 0 atom stereocenters. The number of nitrogens with one attached hydrogen (secondary N) is 1. The van der Waals surface area contributed by atoms with Crippen molar-refractivity contribution in [3.05, 3.63) is 29.3 Å². The van der Waals surface area contributed by atoms with Crippen molar-refractivity contribution in [3.8, 4) is 0 Å². The number of aryl methyl sites for hydroxylation is 1. The molecule has 0 saturated carbocycles. The zero-order valence-electron chi connectivity index (χ0n) is 8.72. The molecule has 0 bridgehead atoms. The lowest BCUT2D eigenvalue weighted by molar-refractivity contribution is 0.0600. The van der Waals surface area contributed by atoms with E-state index in [-0.39, 0.29) is 11.3 Å². The highest BCUT2D eigenvalue weighted by Crippen LogP contribution is 2.18. The SMILES string of the molecule is COC(=O)c1ccc(C)c(NS(=O)(=O)O)c1. The molecule has 0 radical (unpaired) electrons. The highest BCUT2D eigenvalue weighted by Gasteiger charge is 2.11. The molecule has 1 rings (SSSR count). The molecule has 0 aliphatic rings. The van der Waals surface area contributed by atoms with Gasteiger partial charge in [-0.3, -0.25) is 9.27 Å². The van der Waals surface area contributed by atoms with Gasteiger partial charge in [-0.05, 0) is 24.6 Å². The second-order valence-corrected chi connectivity index (χ2v) is 4.25. The summed E-state index contributed by atoms with van der Waals surface area (Å²) in [5.74, 6) is -0.585. The second kappa shape index (κ2) is 4.50. The Bertz CT molecular complexity index is 509. The Morgan fingerprint density at radius 2 is 2.06 bits per heavy atom. The van der Waals surface area contributed by atoms with Gasteiger partial charge < -0.3 is 4.74 Å². The van der Waals surface area contributed by atoms with Crippen LogP contribution in [-0.2, 0) is 15.0 Å². The summed E-state index contributed by atoms with van der Waals surface area (Å²) < 4.78 is 36.3. The molecule has 0 aromatic heterocycles. The molecule has 2 N–H and O–H groups in total. The summed E-state index contributed by atoms with van der Waals surface area (Å²) in [6.07, 6.45) is 0. The minimum absolute atomic E-state index is 0.130. The zero-order chi connectivity index (χ0) is 12.3. The summed E-state index contributed by atoms with van der Waals surface area (Å²) in [6.45, 7) is 1.63. The van der Waals surface area contributed by atoms with Crippen molar-refractivity contribution >= 4 is 22.0 Å². The molecule has 0 saturated heterocycles. The summed E-state index contributed by atoms with van der Waals surface area (Å²) in [5.41, 5.74) is 0.898. The van der Waals surface area contributed by atoms with Crippen molar-refractivity contribution in [1.82, 2.24) is 0 Å². The topological polar surface area (TPSA) is 92.7 Å². The van der Waals surface area contributed by atoms with E-state index >= 15 is 0 Å². The normalized spacial score (nSPS) is 10.9. The lowest BCUT2D eigenvalue weighted by atomic mass is 10.1. The largest absolute Gasteiger partial charge is 0.465 e. The monoisotopic (exact) mass is 245 g/mol. The molecule has 0 amide bonds. The maximum atomic E-state index is 11.2. The van der Waals surface area contributed by atoms with E-state index in [0.29, 0.717) is 5.56 Å². The Balaban J connectivity index is 3.14. The third-order valence-electron chi connectivity index (χ3n) is 1.90. The Hall–Kier alpha value is -1.60. The van der Waals surface area contributed by atoms with Crippen LogP contribution in [0.5, 0.6) is 0 Å². The Morgan fingerprint density at radius 3 is 2.56 bits per heavy atom. The highest BCUT2D eigenvalue weighted by atomic mass is 32.2. The van der Waals surface area contributed by atoms with Crippen LogP contribution in [-0.4, -0.2) is 26.0 Å². The molecule has 1 aromatic rings. The van der Waals surface area contributed by atoms with E-state index in [4.69, 9.17) is 4.55 Å². The molecular formula is C9H11NO5S. The molecule has 16 heavy (non-hydrogen) atoms. The van der Waals surface area contributed by atoms with Crippen LogP contribution in [0.3, 0.4) is 0 Å². The predicted molar refractivity (Wildman–Crippen MR) is 57.7 cm³/mol. The smallest absolute Gasteiger partial charge is 0.357 e. The van der Waals surface area contributed by atoms with Crippen molar-refractivity contribution in [2.75, 3.05) is 11.8 Å². The van der Waals surface area contributed by atoms with Gasteiger partial charge in [0.05, 0.1) is 18.4 Å². The standard InChI is InChI=1S/C9H11NO5S/c1-6-3-4-7(9(11)15-2)5-8(6)10-16(12,13)14/h3-5,10H,1-2H3,(H,12,13,14). The number of esters is 1. The fourth-order valence-electron chi connectivity index (χ4n) is 1.12. The zero-order valence-corrected chi connectivity index (χ0v) is 9.54. The molecular weight excluding hydrogens is 234 g/mol. The van der Waals surface area contributed by atoms with Gasteiger partial charge in [-0.2, -0.15) is 8.42 Å². The number of benzene rings is 1. The fraction of sp³-hybridized carbons (Fsp3) is 0.222. The number of hydrogen-bond donors (Lipinski definition) is 2. The number of anilines is 1. The highest BCUT2D eigenvalue weighted by molar-refractivity contribution is 7.87. The first-order chi connectivity index (χ1) is 7.33. The van der Waals surface area contributed by atoms with Crippen molar-refractivity contribution in [2.24, 2.45) is 0 Å². The van der Waals surface area contributed by atoms with Gasteiger partial charge in [0.1, 0.15) is 0 Å². The summed E-state index contributed by atoms with van der Waals surface area (Å²) >= 11 is 0. The predicted octanol–water partition coefficient (Wildman–Crippen LogP) is 0.996. The van der Waals surface area contributed by atoms with E-state index in [2.05, 4.69) is 4.74 Å². The van der Waals surface area contributed by atoms with Gasteiger partial charge in [0.25, 0.3) is 0 Å². The molecule has 1 aromatic carbocycles. The average molecular weight is 245 g/mol. The van der Waals surface area contributed by atoms with E-state index < -0.39 is 16.3 Å². The summed E-state index contributed by atoms with van der Waals surface area (Å²) in [5, 5.41) is 0. The number of ether oxygens (including phenoxy) is 1. The van der Waals surface area contributed by atoms with Crippen LogP contribution < -0.4 is 4.72 Å². The van der Waals surface area contributed by atoms with E-state index in [0.717, 1.165) is 0 Å². The maximum absolute atomic E-state index is 11.2. The Morgan fingerprint density at radius 1 is 1.44 bits per heavy atom. The lowest BCUT2D eigenvalue weighted by Crippen LogP contribution is -2.12. The van der Waals surface area contributed by atoms with Crippen molar-refractivity contribution in [2.45, 2.75) is 6.92 Å². The third-order valence-corrected chi connectivity index (χ3v) is 2.38. The number of carbonyl (C=O) groups is 1. The quantitative estimate of drug-likeness (QED) is 0.612. The minimum Gasteiger partial charge on any atom is -0.465 e. The molecule has 7 heteroatoms. The summed E-state index contributed by atoms with van der Waals surface area (Å²) in [4.78, 5) is 11.2. The van der Waals surface area contributed by atoms with Crippen LogP contribution in [0, 0.1) is 6.92 Å². The molecule has 0 unspecified atom stereocenters. The van der Waals surface area contributed by atoms with Crippen LogP contribution >= 0.6 is 0 Å². The van der Waals surface area contributed by atoms with Crippen molar-refractivity contribution in [1.29, 1.82) is 0 Å². The first-order valence-corrected chi connectivity index (χ1v) is 5.71. The fourth-order valence-corrected chi connectivity index (χ4v) is 1.61. The maximum Gasteiger partial charge on any atom is 0.357 e. The van der Waals surface area contributed by atoms with E-state index in [9.17, 15) is 13.2 Å². The van der Waals surface area contributed by atoms with Gasteiger partial charge in [-0.25, -0.2) is 4.79 Å². The van der Waals surface area contributed by atoms with Gasteiger partial charge >= 0.3 is 16.3 Å². The van der Waals surface area contributed by atoms with Crippen LogP contribution in [0.15, 0.2) is 18.2 Å². The Labute approximate surface area is 93.1 Å². The van der Waals surface area contributed by atoms with Crippen LogP contribution in [0.1, 0.15) is 15.9 Å². The van der Waals surface area contributed by atoms with Crippen LogP contribution in [0.4, 0.5) is 5.69 Å². The van der Waals surface area contributed by atoms with Crippen molar-refractivity contribution < 1.29 is 22.5 Å². The van der Waals surface area contributed by atoms with E-state index in [1.807, 2.05) is 4.72 Å². The van der Waals surface area contributed by atoms with Gasteiger partial charge in [-0.1, -0.05) is 6.07 Å². The lowest BCUT2D eigenvalue weighted by Gasteiger charge is -2.08. The number of rotatable bonds is 3. The van der Waals surface area contributed by atoms with Crippen LogP contribution in [0.2, 0.25) is 0 Å². The molecule has 88 valence electrons. The van der Waals surface area contributed by atoms with Crippen LogP contribution in [0.25, 0.3) is 0 Å². The first-order valence-electron chi connectivity index (χ1n) is 4.27. The van der Waals surface area contributed by atoms with E-state index in [1.54, 1.807) is 13.0 Å². The first kappa shape index (κ1) is 12.5. The number of carbonyl (C=O) groups excluding carboxylic acids is 1. The third kappa shape index (κ3) is 3.21. The van der Waals surface area contributed by atoms with Gasteiger partial charge in [0.15, 0.2) is 0 Å². The average Bonchev–Trinajstić information content (AvgIpc) is 2.18. The molecule has 0 fully saturated rings. The molecule has 6 nitrogen and oxygen atoms in total.